The Morgan fingerprint density at radius 1 is 0.973 bits per heavy atom. The lowest BCUT2D eigenvalue weighted by Gasteiger charge is -2.32. The van der Waals surface area contributed by atoms with Crippen LogP contribution >= 0.6 is 35.0 Å². The number of amides is 2. The number of hydrogen-bond donors (Lipinski definition) is 1. The van der Waals surface area contributed by atoms with E-state index in [0.717, 1.165) is 12.0 Å². The molecule has 8 heteroatoms. The lowest BCUT2D eigenvalue weighted by atomic mass is 10.0. The van der Waals surface area contributed by atoms with E-state index in [4.69, 9.17) is 23.2 Å². The Balaban J connectivity index is 1.91. The van der Waals surface area contributed by atoms with Crippen LogP contribution in [0.25, 0.3) is 0 Å². The maximum absolute atomic E-state index is 14.1. The van der Waals surface area contributed by atoms with E-state index >= 15 is 0 Å². The number of nitrogens with zero attached hydrogens (tertiary/aromatic N) is 1. The van der Waals surface area contributed by atoms with E-state index in [1.807, 2.05) is 44.2 Å². The Hall–Kier alpha value is -2.54. The monoisotopic (exact) mass is 560 g/mol. The third-order valence-electron chi connectivity index (χ3n) is 6.10. The first-order chi connectivity index (χ1) is 17.8. The van der Waals surface area contributed by atoms with E-state index in [2.05, 4.69) is 5.32 Å². The van der Waals surface area contributed by atoms with Crippen LogP contribution in [-0.4, -0.2) is 34.6 Å². The number of nitrogens with one attached hydrogen (secondary N) is 1. The van der Waals surface area contributed by atoms with Gasteiger partial charge in [0, 0.05) is 40.4 Å². The van der Waals surface area contributed by atoms with Crippen molar-refractivity contribution in [2.24, 2.45) is 0 Å². The summed E-state index contributed by atoms with van der Waals surface area (Å²) in [6, 6.07) is 20.4. The minimum atomic E-state index is -0.787. The summed E-state index contributed by atoms with van der Waals surface area (Å²) in [5.41, 5.74) is 2.03. The van der Waals surface area contributed by atoms with Gasteiger partial charge in [-0.2, -0.15) is 0 Å². The van der Waals surface area contributed by atoms with E-state index in [9.17, 15) is 14.0 Å². The average molecular weight is 562 g/mol. The maximum Gasteiger partial charge on any atom is 0.243 e. The van der Waals surface area contributed by atoms with Crippen molar-refractivity contribution in [2.75, 3.05) is 5.75 Å². The number of carbonyl (C=O) groups is 2. The molecule has 3 aromatic rings. The van der Waals surface area contributed by atoms with Gasteiger partial charge in [0.05, 0.1) is 5.75 Å². The molecule has 0 saturated heterocycles. The minimum Gasteiger partial charge on any atom is -0.352 e. The largest absolute Gasteiger partial charge is 0.352 e. The van der Waals surface area contributed by atoms with Gasteiger partial charge in [-0.3, -0.25) is 9.59 Å². The SMILES string of the molecule is CC[C@H](C)NC(=O)[C@H](Cc1ccccc1)N(Cc1c(Cl)cccc1Cl)C(=O)CSCc1ccccc1F. The molecule has 3 rings (SSSR count). The maximum atomic E-state index is 14.1. The van der Waals surface area contributed by atoms with Gasteiger partial charge in [0.15, 0.2) is 0 Å². The second-order valence-electron chi connectivity index (χ2n) is 8.83. The fraction of sp³-hybridized carbons (Fsp3) is 0.310. The third-order valence-corrected chi connectivity index (χ3v) is 7.78. The standard InChI is InChI=1S/C29H31Cl2FN2O2S/c1-3-20(2)33-29(36)27(16-21-10-5-4-6-11-21)34(17-23-24(30)13-9-14-25(23)31)28(35)19-37-18-22-12-7-8-15-26(22)32/h4-15,20,27H,3,16-19H2,1-2H3,(H,33,36)/t20-,27-/m0/s1. The average Bonchev–Trinajstić information content (AvgIpc) is 2.89. The molecule has 1 N–H and O–H groups in total. The number of halogens is 3. The van der Waals surface area contributed by atoms with Crippen LogP contribution in [0.15, 0.2) is 72.8 Å². The molecule has 0 aliphatic rings. The summed E-state index contributed by atoms with van der Waals surface area (Å²) in [6.45, 7) is 3.99. The molecule has 37 heavy (non-hydrogen) atoms. The summed E-state index contributed by atoms with van der Waals surface area (Å²) in [5.74, 6) is -0.400. The van der Waals surface area contributed by atoms with Gasteiger partial charge in [-0.1, -0.05) is 84.7 Å². The Labute approximate surface area is 232 Å². The van der Waals surface area contributed by atoms with Crippen LogP contribution in [-0.2, 0) is 28.3 Å². The highest BCUT2D eigenvalue weighted by molar-refractivity contribution is 7.99. The molecule has 0 saturated carbocycles. The molecule has 0 radical (unpaired) electrons. The zero-order valence-corrected chi connectivity index (χ0v) is 23.3. The normalized spacial score (nSPS) is 12.6. The number of rotatable bonds is 12. The van der Waals surface area contributed by atoms with Gasteiger partial charge < -0.3 is 10.2 Å². The molecule has 2 atom stereocenters. The highest BCUT2D eigenvalue weighted by atomic mass is 35.5. The predicted octanol–water partition coefficient (Wildman–Crippen LogP) is 6.92. The molecule has 0 unspecified atom stereocenters. The molecule has 4 nitrogen and oxygen atoms in total. The smallest absolute Gasteiger partial charge is 0.243 e. The highest BCUT2D eigenvalue weighted by Gasteiger charge is 2.31. The van der Waals surface area contributed by atoms with Gasteiger partial charge in [0.1, 0.15) is 11.9 Å². The van der Waals surface area contributed by atoms with E-state index in [1.165, 1.54) is 17.8 Å². The first-order valence-electron chi connectivity index (χ1n) is 12.2. The summed E-state index contributed by atoms with van der Waals surface area (Å²) in [4.78, 5) is 28.8. The van der Waals surface area contributed by atoms with Gasteiger partial charge >= 0.3 is 0 Å². The number of hydrogen-bond acceptors (Lipinski definition) is 3. The van der Waals surface area contributed by atoms with Gasteiger partial charge in [-0.25, -0.2) is 4.39 Å². The van der Waals surface area contributed by atoms with E-state index in [-0.39, 0.29) is 36.0 Å². The molecular formula is C29H31Cl2FN2O2S. The summed E-state index contributed by atoms with van der Waals surface area (Å²) in [6.07, 6.45) is 1.08. The van der Waals surface area contributed by atoms with Crippen molar-refractivity contribution in [1.29, 1.82) is 0 Å². The molecular weight excluding hydrogens is 530 g/mol. The topological polar surface area (TPSA) is 49.4 Å². The minimum absolute atomic E-state index is 0.0537. The predicted molar refractivity (Wildman–Crippen MR) is 151 cm³/mol. The van der Waals surface area contributed by atoms with Crippen molar-refractivity contribution < 1.29 is 14.0 Å². The third kappa shape index (κ3) is 8.49. The molecule has 0 aliphatic carbocycles. The number of carbonyl (C=O) groups excluding carboxylic acids is 2. The van der Waals surface area contributed by atoms with Crippen LogP contribution in [0.4, 0.5) is 4.39 Å². The lowest BCUT2D eigenvalue weighted by molar-refractivity contribution is -0.139. The molecule has 3 aromatic carbocycles. The molecule has 196 valence electrons. The van der Waals surface area contributed by atoms with Gasteiger partial charge in [-0.05, 0) is 42.7 Å². The zero-order chi connectivity index (χ0) is 26.8. The van der Waals surface area contributed by atoms with Crippen LogP contribution in [0.3, 0.4) is 0 Å². The van der Waals surface area contributed by atoms with Crippen LogP contribution in [0.2, 0.25) is 10.0 Å². The fourth-order valence-electron chi connectivity index (χ4n) is 3.80. The van der Waals surface area contributed by atoms with Crippen LogP contribution in [0.5, 0.6) is 0 Å². The lowest BCUT2D eigenvalue weighted by Crippen LogP contribution is -2.52. The van der Waals surface area contributed by atoms with Crippen molar-refractivity contribution in [3.05, 3.63) is 105 Å². The highest BCUT2D eigenvalue weighted by Crippen LogP contribution is 2.28. The molecule has 2 amide bonds. The molecule has 0 aliphatic heterocycles. The Morgan fingerprint density at radius 2 is 1.62 bits per heavy atom. The summed E-state index contributed by atoms with van der Waals surface area (Å²) in [7, 11) is 0. The van der Waals surface area contributed by atoms with Crippen molar-refractivity contribution in [3.8, 4) is 0 Å². The van der Waals surface area contributed by atoms with Crippen molar-refractivity contribution in [1.82, 2.24) is 10.2 Å². The van der Waals surface area contributed by atoms with Crippen molar-refractivity contribution in [3.63, 3.8) is 0 Å². The van der Waals surface area contributed by atoms with E-state index in [1.54, 1.807) is 41.3 Å². The van der Waals surface area contributed by atoms with Gasteiger partial charge in [0.2, 0.25) is 11.8 Å². The first kappa shape index (κ1) is 29.0. The number of benzene rings is 3. The zero-order valence-electron chi connectivity index (χ0n) is 20.9. The molecule has 0 aromatic heterocycles. The summed E-state index contributed by atoms with van der Waals surface area (Å²) >= 11 is 14.2. The Bertz CT molecular complexity index is 1180. The van der Waals surface area contributed by atoms with Crippen LogP contribution in [0.1, 0.15) is 37.0 Å². The Morgan fingerprint density at radius 3 is 2.27 bits per heavy atom. The van der Waals surface area contributed by atoms with Gasteiger partial charge in [-0.15, -0.1) is 11.8 Å². The molecule has 0 heterocycles. The first-order valence-corrected chi connectivity index (χ1v) is 14.1. The second-order valence-corrected chi connectivity index (χ2v) is 10.6. The van der Waals surface area contributed by atoms with Crippen molar-refractivity contribution >= 4 is 46.8 Å². The summed E-state index contributed by atoms with van der Waals surface area (Å²) in [5, 5.41) is 3.88. The molecule has 0 fully saturated rings. The quantitative estimate of drug-likeness (QED) is 0.261. The van der Waals surface area contributed by atoms with Gasteiger partial charge in [0.25, 0.3) is 0 Å². The Kier molecular flexibility index (Phi) is 11.3. The van der Waals surface area contributed by atoms with E-state index in [0.29, 0.717) is 33.3 Å². The van der Waals surface area contributed by atoms with Crippen LogP contribution in [0, 0.1) is 5.82 Å². The second kappa shape index (κ2) is 14.4. The number of thioether (sulfide) groups is 1. The molecule has 0 bridgehead atoms. The fourth-order valence-corrected chi connectivity index (χ4v) is 5.21. The molecule has 0 spiro atoms. The van der Waals surface area contributed by atoms with Crippen molar-refractivity contribution in [2.45, 2.75) is 51.1 Å². The summed E-state index contributed by atoms with van der Waals surface area (Å²) < 4.78 is 14.1. The van der Waals surface area contributed by atoms with Crippen LogP contribution < -0.4 is 5.32 Å². The van der Waals surface area contributed by atoms with E-state index < -0.39 is 6.04 Å².